The summed E-state index contributed by atoms with van der Waals surface area (Å²) in [4.78, 5) is 18.7. The number of anilines is 1. The van der Waals surface area contributed by atoms with Crippen molar-refractivity contribution in [1.82, 2.24) is 4.90 Å². The van der Waals surface area contributed by atoms with Crippen molar-refractivity contribution in [2.45, 2.75) is 54.7 Å². The Kier molecular flexibility index (Phi) is 8.75. The van der Waals surface area contributed by atoms with Crippen LogP contribution in [-0.4, -0.2) is 57.2 Å². The fourth-order valence-electron chi connectivity index (χ4n) is 5.03. The second kappa shape index (κ2) is 12.0. The number of benzene rings is 2. The lowest BCUT2D eigenvalue weighted by atomic mass is 9.94. The van der Waals surface area contributed by atoms with Gasteiger partial charge in [0.2, 0.25) is 5.91 Å². The Balaban J connectivity index is 1.45. The second-order valence-electron chi connectivity index (χ2n) is 9.09. The zero-order chi connectivity index (χ0) is 23.9. The predicted octanol–water partition coefficient (Wildman–Crippen LogP) is 4.87. The van der Waals surface area contributed by atoms with E-state index in [9.17, 15) is 4.79 Å². The van der Waals surface area contributed by atoms with Gasteiger partial charge in [0.1, 0.15) is 16.7 Å². The van der Waals surface area contributed by atoms with E-state index in [1.54, 1.807) is 23.8 Å². The Morgan fingerprint density at radius 3 is 2.68 bits per heavy atom. The number of para-hydroxylation sites is 1. The van der Waals surface area contributed by atoms with Gasteiger partial charge in [0.15, 0.2) is 0 Å². The Morgan fingerprint density at radius 2 is 1.91 bits per heavy atom. The van der Waals surface area contributed by atoms with Crippen LogP contribution in [0, 0.1) is 0 Å². The van der Waals surface area contributed by atoms with Crippen molar-refractivity contribution in [2.75, 3.05) is 45.3 Å². The maximum atomic E-state index is 13.3. The molecule has 0 spiro atoms. The summed E-state index contributed by atoms with van der Waals surface area (Å²) in [5, 5.41) is -0.374. The van der Waals surface area contributed by atoms with Crippen molar-refractivity contribution >= 4 is 23.4 Å². The highest BCUT2D eigenvalue weighted by atomic mass is 32.2. The van der Waals surface area contributed by atoms with Gasteiger partial charge >= 0.3 is 0 Å². The van der Waals surface area contributed by atoms with Crippen LogP contribution in [0.15, 0.2) is 47.4 Å². The quantitative estimate of drug-likeness (QED) is 0.487. The van der Waals surface area contributed by atoms with E-state index in [-0.39, 0.29) is 11.2 Å². The third kappa shape index (κ3) is 5.70. The van der Waals surface area contributed by atoms with Gasteiger partial charge in [-0.15, -0.1) is 11.8 Å². The first-order valence-corrected chi connectivity index (χ1v) is 13.3. The number of nitrogens with two attached hydrogens (primary N) is 1. The fraction of sp³-hybridized carbons (Fsp3) is 0.519. The number of carbonyl (C=O) groups excluding carboxylic acids is 1. The van der Waals surface area contributed by atoms with E-state index < -0.39 is 0 Å². The van der Waals surface area contributed by atoms with Gasteiger partial charge in [-0.2, -0.15) is 0 Å². The Labute approximate surface area is 207 Å². The smallest absolute Gasteiger partial charge is 0.244 e. The third-order valence-corrected chi connectivity index (χ3v) is 8.17. The molecule has 4 rings (SSSR count). The molecular weight excluding hydrogens is 446 g/mol. The Hall–Kier alpha value is -2.22. The van der Waals surface area contributed by atoms with Gasteiger partial charge < -0.3 is 20.1 Å². The summed E-state index contributed by atoms with van der Waals surface area (Å²) < 4.78 is 11.8. The largest absolute Gasteiger partial charge is 0.497 e. The summed E-state index contributed by atoms with van der Waals surface area (Å²) in [6, 6.07) is 14.4. The maximum Gasteiger partial charge on any atom is 0.244 e. The SMILES string of the molecule is COc1ccc(OCCCN(CCN)C2CCCCC2)c(C2Sc3ccccc3N(C)C2=O)c1. The first kappa shape index (κ1) is 24.9. The van der Waals surface area contributed by atoms with Gasteiger partial charge in [0, 0.05) is 43.2 Å². The first-order chi connectivity index (χ1) is 16.6. The summed E-state index contributed by atoms with van der Waals surface area (Å²) in [7, 11) is 3.49. The third-order valence-electron chi connectivity index (χ3n) is 6.88. The molecule has 0 saturated heterocycles. The number of hydrogen-bond donors (Lipinski definition) is 1. The monoisotopic (exact) mass is 483 g/mol. The molecule has 0 bridgehead atoms. The molecule has 0 radical (unpaired) electrons. The number of rotatable bonds is 10. The van der Waals surface area contributed by atoms with Gasteiger partial charge in [-0.3, -0.25) is 9.69 Å². The summed E-state index contributed by atoms with van der Waals surface area (Å²) in [5.41, 5.74) is 7.71. The molecule has 2 aromatic carbocycles. The molecule has 1 atom stereocenters. The molecule has 34 heavy (non-hydrogen) atoms. The average Bonchev–Trinajstić information content (AvgIpc) is 2.88. The van der Waals surface area contributed by atoms with E-state index in [1.807, 2.05) is 43.4 Å². The number of fused-ring (bicyclic) bond motifs is 1. The molecule has 2 aliphatic rings. The molecule has 1 saturated carbocycles. The Bertz CT molecular complexity index is 964. The average molecular weight is 484 g/mol. The van der Waals surface area contributed by atoms with E-state index in [1.165, 1.54) is 32.1 Å². The molecule has 1 amide bonds. The molecule has 184 valence electrons. The summed E-state index contributed by atoms with van der Waals surface area (Å²) >= 11 is 1.58. The maximum absolute atomic E-state index is 13.3. The lowest BCUT2D eigenvalue weighted by Crippen LogP contribution is -2.41. The number of likely N-dealkylation sites (N-methyl/N-ethyl adjacent to an activating group) is 1. The summed E-state index contributed by atoms with van der Waals surface area (Å²) in [6.07, 6.45) is 7.48. The molecular formula is C27H37N3O3S. The Morgan fingerprint density at radius 1 is 1.12 bits per heavy atom. The van der Waals surface area contributed by atoms with Gasteiger partial charge in [-0.1, -0.05) is 31.4 Å². The molecule has 1 heterocycles. The van der Waals surface area contributed by atoms with Gasteiger partial charge in [0.25, 0.3) is 0 Å². The molecule has 1 unspecified atom stereocenters. The number of nitrogens with zero attached hydrogens (tertiary/aromatic N) is 2. The highest BCUT2D eigenvalue weighted by Gasteiger charge is 2.34. The van der Waals surface area contributed by atoms with Crippen LogP contribution in [-0.2, 0) is 4.79 Å². The summed E-state index contributed by atoms with van der Waals surface area (Å²) in [6.45, 7) is 3.22. The highest BCUT2D eigenvalue weighted by Crippen LogP contribution is 2.48. The van der Waals surface area contributed by atoms with Crippen LogP contribution in [0.1, 0.15) is 49.3 Å². The number of hydrogen-bond acceptors (Lipinski definition) is 6. The van der Waals surface area contributed by atoms with Gasteiger partial charge in [-0.25, -0.2) is 0 Å². The predicted molar refractivity (Wildman–Crippen MR) is 139 cm³/mol. The number of methoxy groups -OCH3 is 1. The van der Waals surface area contributed by atoms with E-state index in [0.717, 1.165) is 47.2 Å². The first-order valence-electron chi connectivity index (χ1n) is 12.4. The standard InChI is InChI=1S/C27H37N3O3S/c1-29-23-11-6-7-12-25(23)34-26(27(29)31)22-19-21(32-2)13-14-24(22)33-18-8-16-30(17-15-28)20-9-4-3-5-10-20/h6-7,11-14,19-20,26H,3-5,8-10,15-18,28H2,1-2H3. The topological polar surface area (TPSA) is 68.0 Å². The van der Waals surface area contributed by atoms with E-state index in [0.29, 0.717) is 19.2 Å². The minimum absolute atomic E-state index is 0.0493. The van der Waals surface area contributed by atoms with Crippen LogP contribution in [0.2, 0.25) is 0 Å². The fourth-order valence-corrected chi connectivity index (χ4v) is 6.34. The molecule has 2 N–H and O–H groups in total. The molecule has 1 fully saturated rings. The zero-order valence-electron chi connectivity index (χ0n) is 20.4. The van der Waals surface area contributed by atoms with Crippen LogP contribution in [0.5, 0.6) is 11.5 Å². The van der Waals surface area contributed by atoms with Crippen LogP contribution in [0.25, 0.3) is 0 Å². The minimum Gasteiger partial charge on any atom is -0.497 e. The van der Waals surface area contributed by atoms with E-state index >= 15 is 0 Å². The molecule has 7 heteroatoms. The van der Waals surface area contributed by atoms with E-state index in [2.05, 4.69) is 11.0 Å². The van der Waals surface area contributed by atoms with Crippen LogP contribution in [0.4, 0.5) is 5.69 Å². The molecule has 1 aliphatic carbocycles. The van der Waals surface area contributed by atoms with Crippen LogP contribution in [0.3, 0.4) is 0 Å². The van der Waals surface area contributed by atoms with Crippen molar-refractivity contribution in [3.8, 4) is 11.5 Å². The number of thioether (sulfide) groups is 1. The van der Waals surface area contributed by atoms with Crippen LogP contribution >= 0.6 is 11.8 Å². The minimum atomic E-state index is -0.374. The molecule has 1 aliphatic heterocycles. The van der Waals surface area contributed by atoms with Crippen molar-refractivity contribution in [1.29, 1.82) is 0 Å². The normalized spacial score (nSPS) is 18.8. The van der Waals surface area contributed by atoms with Crippen molar-refractivity contribution in [3.63, 3.8) is 0 Å². The second-order valence-corrected chi connectivity index (χ2v) is 10.2. The number of amides is 1. The zero-order valence-corrected chi connectivity index (χ0v) is 21.2. The molecule has 2 aromatic rings. The lowest BCUT2D eigenvalue weighted by molar-refractivity contribution is -0.118. The van der Waals surface area contributed by atoms with E-state index in [4.69, 9.17) is 15.2 Å². The van der Waals surface area contributed by atoms with Crippen molar-refractivity contribution in [3.05, 3.63) is 48.0 Å². The van der Waals surface area contributed by atoms with Crippen LogP contribution < -0.4 is 20.1 Å². The summed E-state index contributed by atoms with van der Waals surface area (Å²) in [5.74, 6) is 1.53. The number of carbonyl (C=O) groups is 1. The number of ether oxygens (including phenoxy) is 2. The van der Waals surface area contributed by atoms with Crippen molar-refractivity contribution in [2.24, 2.45) is 5.73 Å². The van der Waals surface area contributed by atoms with Gasteiger partial charge in [0.05, 0.1) is 19.4 Å². The highest BCUT2D eigenvalue weighted by molar-refractivity contribution is 8.00. The molecule has 0 aromatic heterocycles. The lowest BCUT2D eigenvalue weighted by Gasteiger charge is -2.34. The van der Waals surface area contributed by atoms with Crippen molar-refractivity contribution < 1.29 is 14.3 Å². The molecule has 6 nitrogen and oxygen atoms in total. The van der Waals surface area contributed by atoms with Gasteiger partial charge in [-0.05, 0) is 49.6 Å².